The second-order valence-corrected chi connectivity index (χ2v) is 6.48. The first-order valence-electron chi connectivity index (χ1n) is 9.01. The van der Waals surface area contributed by atoms with Crippen LogP contribution in [0.4, 0.5) is 0 Å². The van der Waals surface area contributed by atoms with Gasteiger partial charge in [0.15, 0.2) is 0 Å². The highest BCUT2D eigenvalue weighted by Crippen LogP contribution is 2.31. The van der Waals surface area contributed by atoms with Crippen LogP contribution < -0.4 is 5.32 Å². The van der Waals surface area contributed by atoms with Gasteiger partial charge in [-0.1, -0.05) is 12.1 Å². The van der Waals surface area contributed by atoms with Crippen LogP contribution in [0.5, 0.6) is 0 Å². The van der Waals surface area contributed by atoms with Gasteiger partial charge in [0.25, 0.3) is 5.91 Å². The van der Waals surface area contributed by atoms with Crippen molar-refractivity contribution in [2.45, 2.75) is 25.3 Å². The van der Waals surface area contributed by atoms with Crippen molar-refractivity contribution < 1.29 is 9.59 Å². The minimum absolute atomic E-state index is 0.0115. The number of carbonyl (C=O) groups is 2. The number of hydrogen-bond donors (Lipinski definition) is 2. The number of aromatic amines is 1. The van der Waals surface area contributed by atoms with E-state index in [4.69, 9.17) is 0 Å². The lowest BCUT2D eigenvalue weighted by atomic mass is 10.2. The molecule has 3 heterocycles. The summed E-state index contributed by atoms with van der Waals surface area (Å²) >= 11 is 0. The summed E-state index contributed by atoms with van der Waals surface area (Å²) in [6.07, 6.45) is 6.43. The molecule has 0 unspecified atom stereocenters. The van der Waals surface area contributed by atoms with Gasteiger partial charge in [0.1, 0.15) is 11.5 Å². The molecule has 8 heteroatoms. The highest BCUT2D eigenvalue weighted by molar-refractivity contribution is 5.92. The molecule has 0 radical (unpaired) electrons. The molecule has 0 bridgehead atoms. The molecule has 2 aromatic heterocycles. The number of nitrogens with zero attached hydrogens (tertiary/aromatic N) is 4. The van der Waals surface area contributed by atoms with Crippen LogP contribution in [0.15, 0.2) is 42.9 Å². The Morgan fingerprint density at radius 3 is 2.96 bits per heavy atom. The number of para-hydroxylation sites is 2. The minimum Gasteiger partial charge on any atom is -0.350 e. The van der Waals surface area contributed by atoms with Crippen molar-refractivity contribution in [2.24, 2.45) is 0 Å². The molecular formula is C19H20N6O2. The summed E-state index contributed by atoms with van der Waals surface area (Å²) in [6.45, 7) is 0.968. The Balaban J connectivity index is 1.37. The minimum atomic E-state index is -0.328. The van der Waals surface area contributed by atoms with Gasteiger partial charge < -0.3 is 15.2 Å². The van der Waals surface area contributed by atoms with E-state index in [9.17, 15) is 9.59 Å². The lowest BCUT2D eigenvalue weighted by Crippen LogP contribution is -2.34. The van der Waals surface area contributed by atoms with Crippen LogP contribution in [0, 0.1) is 0 Å². The first-order valence-corrected chi connectivity index (χ1v) is 9.01. The summed E-state index contributed by atoms with van der Waals surface area (Å²) < 4.78 is 0. The molecule has 0 spiro atoms. The SMILES string of the molecule is O=C(NCCC(=O)N1CCC[C@@H]1c1nc2ccccc2[nH]1)c1cnccn1. The Hall–Kier alpha value is -3.29. The molecule has 2 amide bonds. The highest BCUT2D eigenvalue weighted by Gasteiger charge is 2.31. The Morgan fingerprint density at radius 1 is 1.26 bits per heavy atom. The van der Waals surface area contributed by atoms with Gasteiger partial charge in [-0.25, -0.2) is 9.97 Å². The summed E-state index contributed by atoms with van der Waals surface area (Å²) in [5.41, 5.74) is 2.12. The standard InChI is InChI=1S/C19H20N6O2/c26-17(7-8-22-19(27)15-12-20-9-10-21-15)25-11-3-6-16(25)18-23-13-4-1-2-5-14(13)24-18/h1-2,4-5,9-10,12,16H,3,6-8,11H2,(H,22,27)(H,23,24)/t16-/m1/s1. The van der Waals surface area contributed by atoms with Crippen LogP contribution in [0.3, 0.4) is 0 Å². The topological polar surface area (TPSA) is 104 Å². The largest absolute Gasteiger partial charge is 0.350 e. The lowest BCUT2D eigenvalue weighted by Gasteiger charge is -2.23. The third-order valence-electron chi connectivity index (χ3n) is 4.72. The average Bonchev–Trinajstić information content (AvgIpc) is 3.35. The fourth-order valence-electron chi connectivity index (χ4n) is 3.41. The smallest absolute Gasteiger partial charge is 0.271 e. The van der Waals surface area contributed by atoms with Crippen molar-refractivity contribution >= 4 is 22.8 Å². The van der Waals surface area contributed by atoms with E-state index < -0.39 is 0 Å². The number of aromatic nitrogens is 4. The Bertz CT molecular complexity index is 922. The maximum absolute atomic E-state index is 12.7. The maximum atomic E-state index is 12.7. The number of hydrogen-bond acceptors (Lipinski definition) is 5. The Kier molecular flexibility index (Phi) is 4.78. The van der Waals surface area contributed by atoms with Crippen molar-refractivity contribution in [2.75, 3.05) is 13.1 Å². The molecular weight excluding hydrogens is 344 g/mol. The molecule has 2 N–H and O–H groups in total. The normalized spacial score (nSPS) is 16.6. The Morgan fingerprint density at radius 2 is 2.15 bits per heavy atom. The fourth-order valence-corrected chi connectivity index (χ4v) is 3.41. The first kappa shape index (κ1) is 17.1. The van der Waals surface area contributed by atoms with Gasteiger partial charge in [0.2, 0.25) is 5.91 Å². The van der Waals surface area contributed by atoms with Crippen LogP contribution in [0.2, 0.25) is 0 Å². The van der Waals surface area contributed by atoms with Crippen molar-refractivity contribution in [3.05, 3.63) is 54.4 Å². The molecule has 4 rings (SSSR count). The summed E-state index contributed by atoms with van der Waals surface area (Å²) in [7, 11) is 0. The fraction of sp³-hybridized carbons (Fsp3) is 0.316. The van der Waals surface area contributed by atoms with E-state index in [1.807, 2.05) is 29.2 Å². The van der Waals surface area contributed by atoms with Crippen LogP contribution in [-0.4, -0.2) is 49.7 Å². The van der Waals surface area contributed by atoms with Crippen molar-refractivity contribution in [1.29, 1.82) is 0 Å². The number of imidazole rings is 1. The second kappa shape index (κ2) is 7.53. The summed E-state index contributed by atoms with van der Waals surface area (Å²) in [6, 6.07) is 7.81. The number of fused-ring (bicyclic) bond motifs is 1. The zero-order valence-electron chi connectivity index (χ0n) is 14.8. The van der Waals surface area contributed by atoms with E-state index in [1.165, 1.54) is 18.6 Å². The predicted molar refractivity (Wildman–Crippen MR) is 98.8 cm³/mol. The van der Waals surface area contributed by atoms with Gasteiger partial charge in [-0.05, 0) is 25.0 Å². The van der Waals surface area contributed by atoms with Crippen LogP contribution in [0.1, 0.15) is 41.6 Å². The third-order valence-corrected chi connectivity index (χ3v) is 4.72. The molecule has 1 aliphatic heterocycles. The molecule has 0 aliphatic carbocycles. The number of rotatable bonds is 5. The molecule has 8 nitrogen and oxygen atoms in total. The van der Waals surface area contributed by atoms with E-state index in [2.05, 4.69) is 25.3 Å². The molecule has 1 atom stereocenters. The molecule has 0 saturated carbocycles. The summed E-state index contributed by atoms with van der Waals surface area (Å²) in [5.74, 6) is 0.509. The summed E-state index contributed by atoms with van der Waals surface area (Å²) in [4.78, 5) is 42.3. The second-order valence-electron chi connectivity index (χ2n) is 6.48. The zero-order valence-corrected chi connectivity index (χ0v) is 14.8. The molecule has 27 heavy (non-hydrogen) atoms. The number of H-pyrrole nitrogens is 1. The van der Waals surface area contributed by atoms with E-state index in [0.29, 0.717) is 6.54 Å². The van der Waals surface area contributed by atoms with Gasteiger partial charge in [-0.3, -0.25) is 14.6 Å². The molecule has 1 saturated heterocycles. The van der Waals surface area contributed by atoms with Crippen molar-refractivity contribution in [1.82, 2.24) is 30.2 Å². The highest BCUT2D eigenvalue weighted by atomic mass is 16.2. The number of carbonyl (C=O) groups excluding carboxylic acids is 2. The number of nitrogens with one attached hydrogen (secondary N) is 2. The van der Waals surface area contributed by atoms with Crippen LogP contribution in [-0.2, 0) is 4.79 Å². The van der Waals surface area contributed by atoms with Crippen LogP contribution in [0.25, 0.3) is 11.0 Å². The van der Waals surface area contributed by atoms with Gasteiger partial charge in [-0.2, -0.15) is 0 Å². The van der Waals surface area contributed by atoms with Crippen LogP contribution >= 0.6 is 0 Å². The summed E-state index contributed by atoms with van der Waals surface area (Å²) in [5, 5.41) is 2.72. The van der Waals surface area contributed by atoms with Gasteiger partial charge in [0, 0.05) is 31.9 Å². The Labute approximate surface area is 156 Å². The zero-order chi connectivity index (χ0) is 18.6. The molecule has 1 aliphatic rings. The maximum Gasteiger partial charge on any atom is 0.271 e. The van der Waals surface area contributed by atoms with E-state index in [-0.39, 0.29) is 36.5 Å². The molecule has 3 aromatic rings. The monoisotopic (exact) mass is 364 g/mol. The number of likely N-dealkylation sites (tertiary alicyclic amines) is 1. The van der Waals surface area contributed by atoms with E-state index >= 15 is 0 Å². The van der Waals surface area contributed by atoms with E-state index in [1.54, 1.807) is 0 Å². The number of amides is 2. The lowest BCUT2D eigenvalue weighted by molar-refractivity contribution is -0.132. The van der Waals surface area contributed by atoms with Gasteiger partial charge in [-0.15, -0.1) is 0 Å². The predicted octanol–water partition coefficient (Wildman–Crippen LogP) is 1.84. The van der Waals surface area contributed by atoms with Gasteiger partial charge in [0.05, 0.1) is 23.3 Å². The average molecular weight is 364 g/mol. The third kappa shape index (κ3) is 3.64. The van der Waals surface area contributed by atoms with E-state index in [0.717, 1.165) is 29.7 Å². The quantitative estimate of drug-likeness (QED) is 0.719. The van der Waals surface area contributed by atoms with Crippen molar-refractivity contribution in [3.8, 4) is 0 Å². The molecule has 138 valence electrons. The van der Waals surface area contributed by atoms with Crippen molar-refractivity contribution in [3.63, 3.8) is 0 Å². The first-order chi connectivity index (χ1) is 13.2. The number of benzene rings is 1. The molecule has 1 fully saturated rings. The van der Waals surface area contributed by atoms with Gasteiger partial charge >= 0.3 is 0 Å². The molecule has 1 aromatic carbocycles.